The Balaban J connectivity index is 2.04. The van der Waals surface area contributed by atoms with Crippen molar-refractivity contribution in [3.63, 3.8) is 0 Å². The average Bonchev–Trinajstić information content (AvgIpc) is 2.44. The first kappa shape index (κ1) is 16.3. The van der Waals surface area contributed by atoms with E-state index in [4.69, 9.17) is 9.94 Å². The van der Waals surface area contributed by atoms with Crippen LogP contribution in [0.1, 0.15) is 21.5 Å². The number of aromatic carboxylic acids is 1. The van der Waals surface area contributed by atoms with Gasteiger partial charge in [0.1, 0.15) is 5.56 Å². The highest BCUT2D eigenvalue weighted by atomic mass is 16.7. The first-order valence-electron chi connectivity index (χ1n) is 6.83. The van der Waals surface area contributed by atoms with Crippen molar-refractivity contribution in [3.8, 4) is 0 Å². The van der Waals surface area contributed by atoms with Crippen LogP contribution < -0.4 is 15.7 Å². The quantitative estimate of drug-likeness (QED) is 0.864. The number of aryl methyl sites for hydroxylation is 2. The van der Waals surface area contributed by atoms with E-state index in [0.29, 0.717) is 5.69 Å². The molecule has 2 N–H and O–H groups in total. The summed E-state index contributed by atoms with van der Waals surface area (Å²) >= 11 is 0. The summed E-state index contributed by atoms with van der Waals surface area (Å²) in [7, 11) is 0. The van der Waals surface area contributed by atoms with Gasteiger partial charge >= 0.3 is 5.97 Å². The number of carboxylic acids is 1. The van der Waals surface area contributed by atoms with Crippen molar-refractivity contribution in [2.45, 2.75) is 13.8 Å². The summed E-state index contributed by atoms with van der Waals surface area (Å²) in [6, 6.07) is 8.11. The van der Waals surface area contributed by atoms with Crippen LogP contribution in [0.15, 0.2) is 41.3 Å². The van der Waals surface area contributed by atoms with E-state index in [1.807, 2.05) is 32.0 Å². The van der Waals surface area contributed by atoms with Crippen LogP contribution in [0.5, 0.6) is 0 Å². The van der Waals surface area contributed by atoms with Gasteiger partial charge < -0.3 is 15.3 Å². The van der Waals surface area contributed by atoms with Crippen LogP contribution in [0.2, 0.25) is 0 Å². The van der Waals surface area contributed by atoms with Crippen molar-refractivity contribution in [2.24, 2.45) is 0 Å². The summed E-state index contributed by atoms with van der Waals surface area (Å²) in [5.74, 6) is -1.81. The van der Waals surface area contributed by atoms with Crippen LogP contribution in [0.4, 0.5) is 5.69 Å². The third-order valence-corrected chi connectivity index (χ3v) is 2.99. The zero-order valence-corrected chi connectivity index (χ0v) is 12.7. The molecule has 0 unspecified atom stereocenters. The number of carboxylic acid groups (broad SMARTS) is 1. The van der Waals surface area contributed by atoms with Gasteiger partial charge in [-0.1, -0.05) is 6.07 Å². The van der Waals surface area contributed by atoms with E-state index in [9.17, 15) is 14.4 Å². The lowest BCUT2D eigenvalue weighted by molar-refractivity contribution is -0.120. The van der Waals surface area contributed by atoms with Crippen LogP contribution >= 0.6 is 0 Å². The number of rotatable bonds is 5. The van der Waals surface area contributed by atoms with E-state index in [0.717, 1.165) is 15.9 Å². The molecule has 0 saturated heterocycles. The van der Waals surface area contributed by atoms with Crippen LogP contribution in [0, 0.1) is 13.8 Å². The SMILES string of the molecule is Cc1cc(C)cc(NC(=O)COn2cccc(C(=O)O)c2=O)c1. The van der Waals surface area contributed by atoms with Gasteiger partial charge in [-0.25, -0.2) is 4.79 Å². The zero-order chi connectivity index (χ0) is 17.0. The van der Waals surface area contributed by atoms with Gasteiger partial charge in [0.25, 0.3) is 11.5 Å². The lowest BCUT2D eigenvalue weighted by atomic mass is 10.1. The van der Waals surface area contributed by atoms with Crippen molar-refractivity contribution >= 4 is 17.6 Å². The Morgan fingerprint density at radius 3 is 2.48 bits per heavy atom. The molecular formula is C16H16N2O5. The minimum atomic E-state index is -1.35. The number of carbonyl (C=O) groups is 2. The molecule has 23 heavy (non-hydrogen) atoms. The maximum atomic E-state index is 11.9. The molecule has 1 heterocycles. The molecule has 0 aliphatic heterocycles. The van der Waals surface area contributed by atoms with Crippen LogP contribution in [-0.4, -0.2) is 28.3 Å². The minimum Gasteiger partial charge on any atom is -0.477 e. The number of hydrogen-bond acceptors (Lipinski definition) is 4. The second kappa shape index (κ2) is 6.78. The van der Waals surface area contributed by atoms with Gasteiger partial charge in [0.15, 0.2) is 6.61 Å². The smallest absolute Gasteiger partial charge is 0.341 e. The van der Waals surface area contributed by atoms with Crippen molar-refractivity contribution in [1.82, 2.24) is 4.73 Å². The van der Waals surface area contributed by atoms with Crippen molar-refractivity contribution in [3.05, 3.63) is 63.6 Å². The summed E-state index contributed by atoms with van der Waals surface area (Å²) in [5.41, 5.74) is 1.38. The molecule has 7 nitrogen and oxygen atoms in total. The second-order valence-corrected chi connectivity index (χ2v) is 5.06. The van der Waals surface area contributed by atoms with Crippen molar-refractivity contribution < 1.29 is 19.5 Å². The predicted octanol–water partition coefficient (Wildman–Crippen LogP) is 1.23. The Morgan fingerprint density at radius 1 is 1.22 bits per heavy atom. The van der Waals surface area contributed by atoms with Gasteiger partial charge in [0.2, 0.25) is 0 Å². The number of amides is 1. The standard InChI is InChI=1S/C16H16N2O5/c1-10-6-11(2)8-12(7-10)17-14(19)9-23-18-5-3-4-13(15(18)20)16(21)22/h3-8H,9H2,1-2H3,(H,17,19)(H,21,22). The minimum absolute atomic E-state index is 0.421. The number of aromatic nitrogens is 1. The Morgan fingerprint density at radius 2 is 1.87 bits per heavy atom. The molecule has 0 saturated carbocycles. The zero-order valence-electron chi connectivity index (χ0n) is 12.7. The molecular weight excluding hydrogens is 300 g/mol. The Kier molecular flexibility index (Phi) is 4.80. The Hall–Kier alpha value is -3.09. The summed E-state index contributed by atoms with van der Waals surface area (Å²) in [6.07, 6.45) is 1.25. The van der Waals surface area contributed by atoms with Crippen molar-refractivity contribution in [2.75, 3.05) is 11.9 Å². The molecule has 0 atom stereocenters. The van der Waals surface area contributed by atoms with Gasteiger partial charge in [0.05, 0.1) is 0 Å². The highest BCUT2D eigenvalue weighted by Gasteiger charge is 2.12. The van der Waals surface area contributed by atoms with Gasteiger partial charge in [0, 0.05) is 11.9 Å². The number of nitrogens with zero attached hydrogens (tertiary/aromatic N) is 1. The predicted molar refractivity (Wildman–Crippen MR) is 83.7 cm³/mol. The molecule has 0 aliphatic rings. The second-order valence-electron chi connectivity index (χ2n) is 5.06. The molecule has 0 aliphatic carbocycles. The first-order chi connectivity index (χ1) is 10.9. The average molecular weight is 316 g/mol. The molecule has 2 aromatic rings. The number of carbonyl (C=O) groups excluding carboxylic acids is 1. The summed E-state index contributed by atoms with van der Waals surface area (Å²) in [4.78, 5) is 39.6. The highest BCUT2D eigenvalue weighted by molar-refractivity contribution is 5.92. The highest BCUT2D eigenvalue weighted by Crippen LogP contribution is 2.13. The van der Waals surface area contributed by atoms with E-state index in [2.05, 4.69) is 5.32 Å². The number of benzene rings is 1. The number of anilines is 1. The fourth-order valence-electron chi connectivity index (χ4n) is 2.11. The van der Waals surface area contributed by atoms with E-state index in [1.165, 1.54) is 18.3 Å². The van der Waals surface area contributed by atoms with Gasteiger partial charge in [-0.2, -0.15) is 4.73 Å². The fraction of sp³-hybridized carbons (Fsp3) is 0.188. The Bertz CT molecular complexity index is 790. The third-order valence-electron chi connectivity index (χ3n) is 2.99. The molecule has 1 aromatic heterocycles. The monoisotopic (exact) mass is 316 g/mol. The molecule has 0 radical (unpaired) electrons. The molecule has 0 spiro atoms. The third kappa shape index (κ3) is 4.19. The van der Waals surface area contributed by atoms with Crippen molar-refractivity contribution in [1.29, 1.82) is 0 Å². The molecule has 1 amide bonds. The molecule has 0 bridgehead atoms. The maximum absolute atomic E-state index is 11.9. The molecule has 0 fully saturated rings. The van der Waals surface area contributed by atoms with Crippen LogP contribution in [0.3, 0.4) is 0 Å². The van der Waals surface area contributed by atoms with Crippen LogP contribution in [0.25, 0.3) is 0 Å². The topological polar surface area (TPSA) is 97.6 Å². The van der Waals surface area contributed by atoms with Gasteiger partial charge in [-0.15, -0.1) is 0 Å². The molecule has 7 heteroatoms. The van der Waals surface area contributed by atoms with E-state index >= 15 is 0 Å². The molecule has 120 valence electrons. The van der Waals surface area contributed by atoms with Crippen LogP contribution in [-0.2, 0) is 4.79 Å². The summed E-state index contributed by atoms with van der Waals surface area (Å²) in [5, 5.41) is 11.5. The summed E-state index contributed by atoms with van der Waals surface area (Å²) in [6.45, 7) is 3.40. The maximum Gasteiger partial charge on any atom is 0.341 e. The van der Waals surface area contributed by atoms with E-state index in [-0.39, 0.29) is 0 Å². The largest absolute Gasteiger partial charge is 0.477 e. The van der Waals surface area contributed by atoms with Gasteiger partial charge in [-0.05, 0) is 49.2 Å². The lowest BCUT2D eigenvalue weighted by Crippen LogP contribution is -2.34. The lowest BCUT2D eigenvalue weighted by Gasteiger charge is -2.10. The number of pyridine rings is 1. The van der Waals surface area contributed by atoms with Gasteiger partial charge in [-0.3, -0.25) is 9.59 Å². The molecule has 2 rings (SSSR count). The number of hydrogen-bond donors (Lipinski definition) is 2. The fourth-order valence-corrected chi connectivity index (χ4v) is 2.11. The number of nitrogens with one attached hydrogen (secondary N) is 1. The normalized spacial score (nSPS) is 10.2. The molecule has 1 aromatic carbocycles. The summed E-state index contributed by atoms with van der Waals surface area (Å²) < 4.78 is 0.727. The van der Waals surface area contributed by atoms with E-state index in [1.54, 1.807) is 0 Å². The van der Waals surface area contributed by atoms with E-state index < -0.39 is 29.6 Å². The first-order valence-corrected chi connectivity index (χ1v) is 6.83. The Labute approximate surface area is 132 Å².